The second-order valence-corrected chi connectivity index (χ2v) is 5.03. The number of nitrogens with zero attached hydrogens (tertiary/aromatic N) is 1. The van der Waals surface area contributed by atoms with Crippen LogP contribution in [0, 0.1) is 6.92 Å². The van der Waals surface area contributed by atoms with E-state index in [9.17, 15) is 9.59 Å². The van der Waals surface area contributed by atoms with E-state index in [1.54, 1.807) is 13.0 Å². The van der Waals surface area contributed by atoms with Gasteiger partial charge in [-0.1, -0.05) is 34.1 Å². The molecule has 0 spiro atoms. The minimum atomic E-state index is -1.20. The van der Waals surface area contributed by atoms with Crippen LogP contribution < -0.4 is 5.56 Å². The van der Waals surface area contributed by atoms with Gasteiger partial charge in [-0.2, -0.15) is 0 Å². The van der Waals surface area contributed by atoms with Crippen molar-refractivity contribution in [1.29, 1.82) is 0 Å². The maximum absolute atomic E-state index is 12.1. The molecule has 0 saturated heterocycles. The van der Waals surface area contributed by atoms with Gasteiger partial charge in [0, 0.05) is 10.2 Å². The van der Waals surface area contributed by atoms with E-state index in [0.29, 0.717) is 6.54 Å². The first-order valence-electron chi connectivity index (χ1n) is 5.68. The lowest BCUT2D eigenvalue weighted by Gasteiger charge is -2.12. The van der Waals surface area contributed by atoms with Crippen LogP contribution in [-0.4, -0.2) is 15.6 Å². The smallest absolute Gasteiger partial charge is 0.341 e. The molecular weight excluding hydrogens is 310 g/mol. The number of hydrogen-bond acceptors (Lipinski definition) is 2. The largest absolute Gasteiger partial charge is 0.477 e. The van der Waals surface area contributed by atoms with Crippen LogP contribution in [0.5, 0.6) is 0 Å². The van der Waals surface area contributed by atoms with Gasteiger partial charge in [-0.3, -0.25) is 4.79 Å². The molecule has 19 heavy (non-hydrogen) atoms. The van der Waals surface area contributed by atoms with Crippen LogP contribution in [-0.2, 0) is 6.54 Å². The molecule has 0 atom stereocenters. The molecule has 0 bridgehead atoms. The van der Waals surface area contributed by atoms with Crippen molar-refractivity contribution in [1.82, 2.24) is 4.57 Å². The zero-order valence-corrected chi connectivity index (χ0v) is 11.8. The first-order chi connectivity index (χ1) is 9.00. The minimum absolute atomic E-state index is 0.211. The molecule has 1 aromatic heterocycles. The summed E-state index contributed by atoms with van der Waals surface area (Å²) in [6, 6.07) is 10.5. The predicted molar refractivity (Wildman–Crippen MR) is 75.6 cm³/mol. The van der Waals surface area contributed by atoms with E-state index in [4.69, 9.17) is 5.11 Å². The summed E-state index contributed by atoms with van der Waals surface area (Å²) in [5.74, 6) is -1.20. The molecular formula is C14H12BrNO3. The Kier molecular flexibility index (Phi) is 3.85. The Labute approximate surface area is 118 Å². The van der Waals surface area contributed by atoms with Crippen LogP contribution in [0.3, 0.4) is 0 Å². The van der Waals surface area contributed by atoms with Gasteiger partial charge in [0.1, 0.15) is 5.56 Å². The molecule has 1 aromatic carbocycles. The van der Waals surface area contributed by atoms with E-state index >= 15 is 0 Å². The zero-order valence-electron chi connectivity index (χ0n) is 10.3. The highest BCUT2D eigenvalue weighted by Gasteiger charge is 2.13. The van der Waals surface area contributed by atoms with Gasteiger partial charge in [0.2, 0.25) is 0 Å². The molecule has 0 saturated carbocycles. The summed E-state index contributed by atoms with van der Waals surface area (Å²) < 4.78 is 2.35. The van der Waals surface area contributed by atoms with Crippen LogP contribution in [0.25, 0.3) is 0 Å². The highest BCUT2D eigenvalue weighted by Crippen LogP contribution is 2.17. The highest BCUT2D eigenvalue weighted by molar-refractivity contribution is 9.10. The number of hydrogen-bond donors (Lipinski definition) is 1. The molecule has 1 N–H and O–H groups in total. The number of aromatic carboxylic acids is 1. The maximum atomic E-state index is 12.1. The molecule has 0 radical (unpaired) electrons. The molecule has 1 heterocycles. The van der Waals surface area contributed by atoms with Crippen molar-refractivity contribution in [2.24, 2.45) is 0 Å². The maximum Gasteiger partial charge on any atom is 0.341 e. The summed E-state index contributed by atoms with van der Waals surface area (Å²) in [5, 5.41) is 8.98. The number of carboxylic acids is 1. The fourth-order valence-electron chi connectivity index (χ4n) is 1.83. The lowest BCUT2D eigenvalue weighted by atomic mass is 10.2. The molecule has 5 heteroatoms. The Morgan fingerprint density at radius 1 is 1.26 bits per heavy atom. The summed E-state index contributed by atoms with van der Waals surface area (Å²) in [6.07, 6.45) is 0. The Balaban J connectivity index is 2.52. The third-order valence-electron chi connectivity index (χ3n) is 2.91. The van der Waals surface area contributed by atoms with Crippen molar-refractivity contribution >= 4 is 21.9 Å². The second kappa shape index (κ2) is 5.40. The molecule has 0 fully saturated rings. The fraction of sp³-hybridized carbons (Fsp3) is 0.143. The summed E-state index contributed by atoms with van der Waals surface area (Å²) in [5.41, 5.74) is 0.960. The molecule has 2 aromatic rings. The van der Waals surface area contributed by atoms with E-state index < -0.39 is 11.5 Å². The lowest BCUT2D eigenvalue weighted by Crippen LogP contribution is -2.28. The Bertz CT molecular complexity index is 691. The predicted octanol–water partition coefficient (Wildman–Crippen LogP) is 2.67. The molecule has 0 aliphatic heterocycles. The van der Waals surface area contributed by atoms with E-state index in [-0.39, 0.29) is 5.56 Å². The van der Waals surface area contributed by atoms with Crippen molar-refractivity contribution in [2.45, 2.75) is 13.5 Å². The minimum Gasteiger partial charge on any atom is -0.477 e. The van der Waals surface area contributed by atoms with Crippen LogP contribution in [0.4, 0.5) is 0 Å². The highest BCUT2D eigenvalue weighted by atomic mass is 79.9. The molecule has 98 valence electrons. The van der Waals surface area contributed by atoms with Gasteiger partial charge < -0.3 is 9.67 Å². The number of halogens is 1. The molecule has 0 amide bonds. The second-order valence-electron chi connectivity index (χ2n) is 4.18. The SMILES string of the molecule is Cc1ccc(C(=O)O)c(=O)n1Cc1ccccc1Br. The topological polar surface area (TPSA) is 59.3 Å². The van der Waals surface area contributed by atoms with Crippen molar-refractivity contribution in [3.63, 3.8) is 0 Å². The van der Waals surface area contributed by atoms with Crippen LogP contribution in [0.15, 0.2) is 45.7 Å². The van der Waals surface area contributed by atoms with E-state index in [1.165, 1.54) is 10.6 Å². The quantitative estimate of drug-likeness (QED) is 0.945. The molecule has 0 unspecified atom stereocenters. The van der Waals surface area contributed by atoms with Crippen LogP contribution >= 0.6 is 15.9 Å². The van der Waals surface area contributed by atoms with Crippen LogP contribution in [0.1, 0.15) is 21.6 Å². The Hall–Kier alpha value is -1.88. The van der Waals surface area contributed by atoms with Crippen molar-refractivity contribution in [3.8, 4) is 0 Å². The van der Waals surface area contributed by atoms with Gasteiger partial charge in [-0.25, -0.2) is 4.79 Å². The number of aromatic nitrogens is 1. The van der Waals surface area contributed by atoms with Crippen molar-refractivity contribution in [2.75, 3.05) is 0 Å². The van der Waals surface area contributed by atoms with E-state index in [1.807, 2.05) is 24.3 Å². The fourth-order valence-corrected chi connectivity index (χ4v) is 2.24. The number of aryl methyl sites for hydroxylation is 1. The van der Waals surface area contributed by atoms with Gasteiger partial charge in [0.05, 0.1) is 6.54 Å². The number of carbonyl (C=O) groups is 1. The van der Waals surface area contributed by atoms with Gasteiger partial charge in [0.15, 0.2) is 0 Å². The monoisotopic (exact) mass is 321 g/mol. The molecule has 4 nitrogen and oxygen atoms in total. The number of rotatable bonds is 3. The Morgan fingerprint density at radius 3 is 2.58 bits per heavy atom. The van der Waals surface area contributed by atoms with Crippen molar-refractivity contribution < 1.29 is 9.90 Å². The molecule has 0 aliphatic rings. The summed E-state index contributed by atoms with van der Waals surface area (Å²) >= 11 is 3.42. The van der Waals surface area contributed by atoms with E-state index in [0.717, 1.165) is 15.7 Å². The lowest BCUT2D eigenvalue weighted by molar-refractivity contribution is 0.0694. The first-order valence-corrected chi connectivity index (χ1v) is 6.47. The third-order valence-corrected chi connectivity index (χ3v) is 3.68. The number of carboxylic acid groups (broad SMARTS) is 1. The third kappa shape index (κ3) is 2.76. The Morgan fingerprint density at radius 2 is 1.95 bits per heavy atom. The standard InChI is InChI=1S/C14H12BrNO3/c1-9-6-7-11(14(18)19)13(17)16(9)8-10-4-2-3-5-12(10)15/h2-7H,8H2,1H3,(H,18,19). The normalized spacial score (nSPS) is 10.4. The van der Waals surface area contributed by atoms with E-state index in [2.05, 4.69) is 15.9 Å². The first kappa shape index (κ1) is 13.5. The molecule has 0 aliphatic carbocycles. The summed E-state index contributed by atoms with van der Waals surface area (Å²) in [7, 11) is 0. The average molecular weight is 322 g/mol. The molecule has 2 rings (SSSR count). The van der Waals surface area contributed by atoms with Gasteiger partial charge >= 0.3 is 5.97 Å². The van der Waals surface area contributed by atoms with Gasteiger partial charge in [0.25, 0.3) is 5.56 Å². The summed E-state index contributed by atoms with van der Waals surface area (Å²) in [6.45, 7) is 2.12. The van der Waals surface area contributed by atoms with Gasteiger partial charge in [-0.15, -0.1) is 0 Å². The zero-order chi connectivity index (χ0) is 14.0. The average Bonchev–Trinajstić information content (AvgIpc) is 2.36. The summed E-state index contributed by atoms with van der Waals surface area (Å²) in [4.78, 5) is 23.1. The number of pyridine rings is 1. The van der Waals surface area contributed by atoms with Gasteiger partial charge in [-0.05, 0) is 30.7 Å². The van der Waals surface area contributed by atoms with Crippen molar-refractivity contribution in [3.05, 3.63) is 68.0 Å². The van der Waals surface area contributed by atoms with Crippen LogP contribution in [0.2, 0.25) is 0 Å². The number of benzene rings is 1.